The van der Waals surface area contributed by atoms with Gasteiger partial charge >= 0.3 is 0 Å². The average Bonchev–Trinajstić information content (AvgIpc) is 2.99. The third-order valence-electron chi connectivity index (χ3n) is 4.68. The zero-order chi connectivity index (χ0) is 19.2. The highest BCUT2D eigenvalue weighted by molar-refractivity contribution is 8.18. The zero-order valence-electron chi connectivity index (χ0n) is 15.6. The molecule has 2 aliphatic rings. The fraction of sp³-hybridized carbons (Fsp3) is 0.421. The molecule has 0 bridgehead atoms. The molecule has 28 heavy (non-hydrogen) atoms. The van der Waals surface area contributed by atoms with Crippen LogP contribution in [0.4, 0.5) is 10.5 Å². The number of thioether (sulfide) groups is 1. The molecular weight excluding hydrogens is 400 g/mol. The Morgan fingerprint density at radius 1 is 1.14 bits per heavy atom. The van der Waals surface area contributed by atoms with E-state index in [1.165, 1.54) is 0 Å². The van der Waals surface area contributed by atoms with E-state index in [1.807, 2.05) is 29.2 Å². The number of carbonyl (C=O) groups is 3. The summed E-state index contributed by atoms with van der Waals surface area (Å²) in [6, 6.07) is 7.80. The Bertz CT molecular complexity index is 763. The largest absolute Gasteiger partial charge is 0.367 e. The van der Waals surface area contributed by atoms with Crippen LogP contribution in [0, 0.1) is 0 Å². The third kappa shape index (κ3) is 5.50. The number of hydrogen-bond donors (Lipinski definition) is 2. The average molecular weight is 425 g/mol. The Kier molecular flexibility index (Phi) is 8.35. The van der Waals surface area contributed by atoms with Crippen molar-refractivity contribution in [1.82, 2.24) is 10.2 Å². The van der Waals surface area contributed by atoms with E-state index in [0.717, 1.165) is 48.9 Å². The van der Waals surface area contributed by atoms with E-state index in [2.05, 4.69) is 10.2 Å². The van der Waals surface area contributed by atoms with Gasteiger partial charge in [0.15, 0.2) is 0 Å². The fourth-order valence-corrected chi connectivity index (χ4v) is 3.91. The van der Waals surface area contributed by atoms with Gasteiger partial charge in [-0.2, -0.15) is 0 Å². The maximum absolute atomic E-state index is 12.3. The second-order valence-corrected chi connectivity index (χ2v) is 7.54. The molecule has 0 atom stereocenters. The van der Waals surface area contributed by atoms with Crippen LogP contribution in [-0.4, -0.2) is 54.7 Å². The second kappa shape index (κ2) is 10.5. The summed E-state index contributed by atoms with van der Waals surface area (Å²) in [5.41, 5.74) is 7.39. The van der Waals surface area contributed by atoms with Crippen molar-refractivity contribution in [3.05, 3.63) is 34.7 Å². The van der Waals surface area contributed by atoms with Gasteiger partial charge in [-0.25, -0.2) is 0 Å². The van der Waals surface area contributed by atoms with Gasteiger partial charge in [0.2, 0.25) is 5.91 Å². The Balaban J connectivity index is 0.00000280. The molecule has 0 spiro atoms. The number of nitrogens with two attached hydrogens (primary N) is 1. The van der Waals surface area contributed by atoms with Gasteiger partial charge in [-0.1, -0.05) is 18.2 Å². The maximum atomic E-state index is 12.3. The lowest BCUT2D eigenvalue weighted by Crippen LogP contribution is -2.49. The van der Waals surface area contributed by atoms with E-state index < -0.39 is 0 Å². The molecule has 3 N–H and O–H groups in total. The molecule has 7 nitrogen and oxygen atoms in total. The highest BCUT2D eigenvalue weighted by atomic mass is 35.5. The van der Waals surface area contributed by atoms with Crippen molar-refractivity contribution < 1.29 is 14.4 Å². The lowest BCUT2D eigenvalue weighted by Gasteiger charge is -2.37. The quantitative estimate of drug-likeness (QED) is 0.537. The number of para-hydroxylation sites is 1. The molecule has 0 aromatic heterocycles. The van der Waals surface area contributed by atoms with Crippen molar-refractivity contribution in [1.29, 1.82) is 0 Å². The number of nitrogens with zero attached hydrogens (tertiary/aromatic N) is 2. The third-order valence-corrected chi connectivity index (χ3v) is 5.49. The van der Waals surface area contributed by atoms with Crippen LogP contribution < -0.4 is 16.0 Å². The molecule has 2 aliphatic heterocycles. The molecule has 0 aliphatic carbocycles. The molecule has 1 aromatic carbocycles. The van der Waals surface area contributed by atoms with Gasteiger partial charge in [-0.3, -0.25) is 19.7 Å². The van der Waals surface area contributed by atoms with Crippen LogP contribution in [0.1, 0.15) is 24.8 Å². The molecule has 2 fully saturated rings. The first-order chi connectivity index (χ1) is 13.1. The van der Waals surface area contributed by atoms with Gasteiger partial charge in [0.05, 0.1) is 4.91 Å². The highest BCUT2D eigenvalue weighted by Gasteiger charge is 2.26. The van der Waals surface area contributed by atoms with E-state index in [9.17, 15) is 14.4 Å². The monoisotopic (exact) mass is 424 g/mol. The summed E-state index contributed by atoms with van der Waals surface area (Å²) in [5.74, 6) is -0.163. The van der Waals surface area contributed by atoms with Crippen LogP contribution in [0.15, 0.2) is 29.2 Å². The Labute approximate surface area is 175 Å². The molecule has 2 saturated heterocycles. The van der Waals surface area contributed by atoms with Gasteiger partial charge < -0.3 is 15.5 Å². The lowest BCUT2D eigenvalue weighted by atomic mass is 10.1. The number of imide groups is 1. The summed E-state index contributed by atoms with van der Waals surface area (Å²) in [5, 5.41) is 1.93. The van der Waals surface area contributed by atoms with E-state index >= 15 is 0 Å². The van der Waals surface area contributed by atoms with E-state index in [4.69, 9.17) is 5.73 Å². The van der Waals surface area contributed by atoms with Crippen LogP contribution in [0.2, 0.25) is 0 Å². The number of rotatable bonds is 6. The summed E-state index contributed by atoms with van der Waals surface area (Å²) in [6.45, 7) is 3.46. The zero-order valence-corrected chi connectivity index (χ0v) is 17.2. The van der Waals surface area contributed by atoms with Gasteiger partial charge in [0.25, 0.3) is 11.1 Å². The predicted octanol–water partition coefficient (Wildman–Crippen LogP) is 2.21. The first kappa shape index (κ1) is 22.3. The van der Waals surface area contributed by atoms with Crippen LogP contribution in [-0.2, 0) is 9.59 Å². The van der Waals surface area contributed by atoms with E-state index in [1.54, 1.807) is 6.08 Å². The number of halogens is 1. The second-order valence-electron chi connectivity index (χ2n) is 6.52. The Morgan fingerprint density at radius 3 is 2.50 bits per heavy atom. The SMILES string of the molecule is Cl.NCCCCC(=O)N1CCN(c2ccccc2C=C2SC(=O)NC2=O)CC1. The molecule has 152 valence electrons. The van der Waals surface area contributed by atoms with Crippen molar-refractivity contribution in [2.24, 2.45) is 5.73 Å². The molecular formula is C19H25ClN4O3S. The van der Waals surface area contributed by atoms with Gasteiger partial charge in [-0.15, -0.1) is 12.4 Å². The first-order valence-corrected chi connectivity index (χ1v) is 9.97. The minimum Gasteiger partial charge on any atom is -0.367 e. The fourth-order valence-electron chi connectivity index (χ4n) is 3.24. The van der Waals surface area contributed by atoms with Gasteiger partial charge in [-0.05, 0) is 48.9 Å². The minimum atomic E-state index is -0.354. The molecule has 2 heterocycles. The number of carbonyl (C=O) groups excluding carboxylic acids is 3. The number of piperazine rings is 1. The molecule has 0 unspecified atom stereocenters. The summed E-state index contributed by atoms with van der Waals surface area (Å²) >= 11 is 0.919. The van der Waals surface area contributed by atoms with Crippen molar-refractivity contribution in [3.8, 4) is 0 Å². The van der Waals surface area contributed by atoms with Crippen LogP contribution in [0.5, 0.6) is 0 Å². The van der Waals surface area contributed by atoms with Crippen molar-refractivity contribution in [3.63, 3.8) is 0 Å². The van der Waals surface area contributed by atoms with Gasteiger partial charge in [0.1, 0.15) is 0 Å². The molecule has 0 radical (unpaired) electrons. The lowest BCUT2D eigenvalue weighted by molar-refractivity contribution is -0.131. The summed E-state index contributed by atoms with van der Waals surface area (Å²) < 4.78 is 0. The maximum Gasteiger partial charge on any atom is 0.290 e. The van der Waals surface area contributed by atoms with Crippen LogP contribution >= 0.6 is 24.2 Å². The first-order valence-electron chi connectivity index (χ1n) is 9.15. The summed E-state index contributed by atoms with van der Waals surface area (Å²) in [6.07, 6.45) is 4.02. The number of benzene rings is 1. The number of amides is 3. The summed E-state index contributed by atoms with van der Waals surface area (Å²) in [4.78, 5) is 40.0. The van der Waals surface area contributed by atoms with Crippen molar-refractivity contribution in [2.75, 3.05) is 37.6 Å². The molecule has 9 heteroatoms. The highest BCUT2D eigenvalue weighted by Crippen LogP contribution is 2.30. The molecule has 3 rings (SSSR count). The van der Waals surface area contributed by atoms with E-state index in [-0.39, 0.29) is 29.5 Å². The van der Waals surface area contributed by atoms with E-state index in [0.29, 0.717) is 31.0 Å². The van der Waals surface area contributed by atoms with Crippen molar-refractivity contribution >= 4 is 53.0 Å². The van der Waals surface area contributed by atoms with Crippen molar-refractivity contribution in [2.45, 2.75) is 19.3 Å². The Hall–Kier alpha value is -2.03. The standard InChI is InChI=1S/C19H24N4O3S.ClH/c20-8-4-3-7-17(24)23-11-9-22(10-12-23)15-6-2-1-5-14(15)13-16-18(25)21-19(26)27-16;/h1-2,5-6,13H,3-4,7-12,20H2,(H,21,25,26);1H. The molecule has 3 amide bonds. The smallest absolute Gasteiger partial charge is 0.290 e. The number of hydrogen-bond acceptors (Lipinski definition) is 6. The Morgan fingerprint density at radius 2 is 1.86 bits per heavy atom. The summed E-state index contributed by atoms with van der Waals surface area (Å²) in [7, 11) is 0. The molecule has 1 aromatic rings. The van der Waals surface area contributed by atoms with Gasteiger partial charge in [0, 0.05) is 38.3 Å². The normalized spacial score (nSPS) is 18.2. The predicted molar refractivity (Wildman–Crippen MR) is 114 cm³/mol. The van der Waals surface area contributed by atoms with Crippen LogP contribution in [0.25, 0.3) is 6.08 Å². The van der Waals surface area contributed by atoms with Crippen LogP contribution in [0.3, 0.4) is 0 Å². The number of unbranched alkanes of at least 4 members (excludes halogenated alkanes) is 1. The number of nitrogens with one attached hydrogen (secondary N) is 1. The number of anilines is 1. The molecule has 0 saturated carbocycles. The minimum absolute atomic E-state index is 0. The topological polar surface area (TPSA) is 95.7 Å².